The quantitative estimate of drug-likeness (QED) is 0.408. The van der Waals surface area contributed by atoms with Crippen LogP contribution in [0.3, 0.4) is 0 Å². The number of benzene rings is 4. The van der Waals surface area contributed by atoms with Crippen LogP contribution in [0.1, 0.15) is 36.5 Å². The lowest BCUT2D eigenvalue weighted by Gasteiger charge is -2.31. The molecule has 0 aliphatic carbocycles. The van der Waals surface area contributed by atoms with Gasteiger partial charge < -0.3 is 0 Å². The summed E-state index contributed by atoms with van der Waals surface area (Å²) in [5.74, 6) is 0. The number of nitrogens with zero attached hydrogens (tertiary/aromatic N) is 1. The Morgan fingerprint density at radius 3 is 1.61 bits per heavy atom. The summed E-state index contributed by atoms with van der Waals surface area (Å²) < 4.78 is 0. The van der Waals surface area contributed by atoms with Crippen LogP contribution in [0, 0.1) is 0 Å². The minimum Gasteiger partial charge on any atom is -0.286 e. The fourth-order valence-electron chi connectivity index (χ4n) is 4.18. The van der Waals surface area contributed by atoms with Crippen LogP contribution in [0.4, 0.5) is 0 Å². The summed E-state index contributed by atoms with van der Waals surface area (Å²) in [5, 5.41) is 7.21. The molecular formula is C26H25NO. The van der Waals surface area contributed by atoms with Gasteiger partial charge in [-0.3, -0.25) is 4.84 Å². The van der Waals surface area contributed by atoms with E-state index in [4.69, 9.17) is 4.84 Å². The van der Waals surface area contributed by atoms with E-state index in [0.717, 1.165) is 13.1 Å². The van der Waals surface area contributed by atoms with Crippen molar-refractivity contribution >= 4 is 21.5 Å². The third-order valence-electron chi connectivity index (χ3n) is 5.72. The zero-order valence-corrected chi connectivity index (χ0v) is 16.1. The molecule has 0 radical (unpaired) electrons. The van der Waals surface area contributed by atoms with Gasteiger partial charge in [0, 0.05) is 13.1 Å². The Morgan fingerprint density at radius 2 is 1.07 bits per heavy atom. The van der Waals surface area contributed by atoms with Crippen molar-refractivity contribution in [1.29, 1.82) is 0 Å². The molecule has 0 unspecified atom stereocenters. The van der Waals surface area contributed by atoms with Gasteiger partial charge in [0.1, 0.15) is 6.10 Å². The molecular weight excluding hydrogens is 342 g/mol. The van der Waals surface area contributed by atoms with Crippen molar-refractivity contribution in [3.63, 3.8) is 0 Å². The maximum atomic E-state index is 6.59. The van der Waals surface area contributed by atoms with Crippen LogP contribution in [-0.2, 0) is 4.84 Å². The van der Waals surface area contributed by atoms with E-state index >= 15 is 0 Å². The summed E-state index contributed by atoms with van der Waals surface area (Å²) in [6.07, 6.45) is 3.63. The lowest BCUT2D eigenvalue weighted by molar-refractivity contribution is -0.196. The number of rotatable bonds is 4. The van der Waals surface area contributed by atoms with Crippen LogP contribution in [0.2, 0.25) is 0 Å². The first-order chi connectivity index (χ1) is 13.9. The molecule has 0 atom stereocenters. The van der Waals surface area contributed by atoms with Crippen LogP contribution < -0.4 is 0 Å². The molecule has 0 N–H and O–H groups in total. The Bertz CT molecular complexity index is 1020. The van der Waals surface area contributed by atoms with Crippen LogP contribution in [0.5, 0.6) is 0 Å². The van der Waals surface area contributed by atoms with Gasteiger partial charge in [0.25, 0.3) is 0 Å². The average Bonchev–Trinajstić information content (AvgIpc) is 2.77. The molecule has 4 aromatic carbocycles. The normalized spacial score (nSPS) is 15.5. The van der Waals surface area contributed by atoms with Crippen LogP contribution in [0.15, 0.2) is 84.9 Å². The molecule has 1 saturated heterocycles. The Hall–Kier alpha value is -2.68. The van der Waals surface area contributed by atoms with E-state index in [1.807, 2.05) is 0 Å². The number of hydroxylamine groups is 2. The minimum absolute atomic E-state index is 0.0905. The highest BCUT2D eigenvalue weighted by molar-refractivity contribution is 5.84. The van der Waals surface area contributed by atoms with Gasteiger partial charge >= 0.3 is 0 Å². The van der Waals surface area contributed by atoms with Gasteiger partial charge in [-0.15, -0.1) is 0 Å². The third kappa shape index (κ3) is 3.54. The van der Waals surface area contributed by atoms with Crippen molar-refractivity contribution in [1.82, 2.24) is 5.06 Å². The lowest BCUT2D eigenvalue weighted by atomic mass is 9.96. The standard InChI is InChI=1S/C26H25NO/c1-6-16-27(17-7-1)28-26(24-14-12-20-8-2-4-10-22(20)18-24)25-15-13-21-9-3-5-11-23(21)19-25/h2-5,8-15,18-19,26H,1,6-7,16-17H2. The van der Waals surface area contributed by atoms with Crippen LogP contribution in [0.25, 0.3) is 21.5 Å². The molecule has 2 heteroatoms. The highest BCUT2D eigenvalue weighted by atomic mass is 16.7. The molecule has 1 aliphatic heterocycles. The summed E-state index contributed by atoms with van der Waals surface area (Å²) in [6, 6.07) is 30.5. The Morgan fingerprint density at radius 1 is 0.571 bits per heavy atom. The molecule has 0 bridgehead atoms. The molecule has 0 spiro atoms. The first kappa shape index (κ1) is 17.4. The highest BCUT2D eigenvalue weighted by Gasteiger charge is 2.21. The van der Waals surface area contributed by atoms with Gasteiger partial charge in [-0.1, -0.05) is 79.2 Å². The molecule has 28 heavy (non-hydrogen) atoms. The smallest absolute Gasteiger partial charge is 0.129 e. The predicted molar refractivity (Wildman–Crippen MR) is 116 cm³/mol. The molecule has 0 aromatic heterocycles. The van der Waals surface area contributed by atoms with Gasteiger partial charge in [-0.2, -0.15) is 5.06 Å². The minimum atomic E-state index is -0.0905. The summed E-state index contributed by atoms with van der Waals surface area (Å²) >= 11 is 0. The van der Waals surface area contributed by atoms with Gasteiger partial charge in [-0.05, 0) is 57.6 Å². The summed E-state index contributed by atoms with van der Waals surface area (Å²) in [6.45, 7) is 2.02. The Balaban J connectivity index is 1.57. The fourth-order valence-corrected chi connectivity index (χ4v) is 4.18. The summed E-state index contributed by atoms with van der Waals surface area (Å²) in [4.78, 5) is 6.59. The molecule has 4 aromatic rings. The van der Waals surface area contributed by atoms with E-state index in [1.54, 1.807) is 0 Å². The molecule has 1 heterocycles. The second-order valence-corrected chi connectivity index (χ2v) is 7.69. The van der Waals surface area contributed by atoms with Gasteiger partial charge in [0.05, 0.1) is 0 Å². The van der Waals surface area contributed by atoms with Crippen LogP contribution >= 0.6 is 0 Å². The molecule has 0 saturated carbocycles. The zero-order chi connectivity index (χ0) is 18.8. The number of hydrogen-bond donors (Lipinski definition) is 0. The molecule has 0 amide bonds. The number of hydrogen-bond acceptors (Lipinski definition) is 2. The second-order valence-electron chi connectivity index (χ2n) is 7.69. The zero-order valence-electron chi connectivity index (χ0n) is 16.1. The first-order valence-corrected chi connectivity index (χ1v) is 10.3. The molecule has 2 nitrogen and oxygen atoms in total. The van der Waals surface area contributed by atoms with Crippen molar-refractivity contribution < 1.29 is 4.84 Å². The van der Waals surface area contributed by atoms with E-state index in [9.17, 15) is 0 Å². The summed E-state index contributed by atoms with van der Waals surface area (Å²) in [7, 11) is 0. The third-order valence-corrected chi connectivity index (χ3v) is 5.72. The van der Waals surface area contributed by atoms with Crippen molar-refractivity contribution in [3.8, 4) is 0 Å². The Kier molecular flexibility index (Phi) is 4.82. The maximum Gasteiger partial charge on any atom is 0.129 e. The second kappa shape index (κ2) is 7.75. The van der Waals surface area contributed by atoms with Crippen LogP contribution in [-0.4, -0.2) is 18.2 Å². The molecule has 140 valence electrons. The van der Waals surface area contributed by atoms with Crippen molar-refractivity contribution in [2.45, 2.75) is 25.4 Å². The van der Waals surface area contributed by atoms with E-state index < -0.39 is 0 Å². The van der Waals surface area contributed by atoms with E-state index in [1.165, 1.54) is 51.9 Å². The van der Waals surface area contributed by atoms with E-state index in [0.29, 0.717) is 0 Å². The van der Waals surface area contributed by atoms with Gasteiger partial charge in [-0.25, -0.2) is 0 Å². The molecule has 1 aliphatic rings. The van der Waals surface area contributed by atoms with E-state index in [2.05, 4.69) is 90.0 Å². The topological polar surface area (TPSA) is 12.5 Å². The summed E-state index contributed by atoms with van der Waals surface area (Å²) in [5.41, 5.74) is 2.42. The molecule has 5 rings (SSSR count). The van der Waals surface area contributed by atoms with Crippen molar-refractivity contribution in [2.24, 2.45) is 0 Å². The monoisotopic (exact) mass is 367 g/mol. The van der Waals surface area contributed by atoms with Crippen molar-refractivity contribution in [2.75, 3.05) is 13.1 Å². The van der Waals surface area contributed by atoms with E-state index in [-0.39, 0.29) is 6.10 Å². The first-order valence-electron chi connectivity index (χ1n) is 10.3. The fraction of sp³-hybridized carbons (Fsp3) is 0.231. The Labute approximate surface area is 166 Å². The predicted octanol–water partition coefficient (Wildman–Crippen LogP) is 6.50. The van der Waals surface area contributed by atoms with Gasteiger partial charge in [0.15, 0.2) is 0 Å². The van der Waals surface area contributed by atoms with Gasteiger partial charge in [0.2, 0.25) is 0 Å². The van der Waals surface area contributed by atoms with Crippen molar-refractivity contribution in [3.05, 3.63) is 96.1 Å². The average molecular weight is 367 g/mol. The number of fused-ring (bicyclic) bond motifs is 2. The lowest BCUT2D eigenvalue weighted by Crippen LogP contribution is -2.31. The largest absolute Gasteiger partial charge is 0.286 e. The highest BCUT2D eigenvalue weighted by Crippen LogP contribution is 2.32. The SMILES string of the molecule is c1ccc2cc(C(ON3CCCCC3)c3ccc4ccccc4c3)ccc2c1. The molecule has 1 fully saturated rings. The maximum absolute atomic E-state index is 6.59. The number of piperidine rings is 1.